The molecule has 0 radical (unpaired) electrons. The number of aromatic nitrogens is 4. The second-order valence-corrected chi connectivity index (χ2v) is 17.3. The van der Waals surface area contributed by atoms with Crippen molar-refractivity contribution in [1.82, 2.24) is 24.2 Å². The highest BCUT2D eigenvalue weighted by molar-refractivity contribution is 6.76. The van der Waals surface area contributed by atoms with Crippen molar-refractivity contribution in [1.29, 1.82) is 0 Å². The highest BCUT2D eigenvalue weighted by Crippen LogP contribution is 2.33. The number of halogens is 2. The molecule has 1 aliphatic heterocycles. The van der Waals surface area contributed by atoms with Crippen molar-refractivity contribution >= 4 is 14.0 Å². The smallest absolute Gasteiger partial charge is 0.254 e. The number of piperidine rings is 1. The molecule has 4 rings (SSSR count). The van der Waals surface area contributed by atoms with E-state index in [1.807, 2.05) is 60.6 Å². The van der Waals surface area contributed by atoms with Gasteiger partial charge in [-0.1, -0.05) is 25.7 Å². The second kappa shape index (κ2) is 11.1. The molecule has 3 aromatic rings. The first-order valence-corrected chi connectivity index (χ1v) is 17.0. The van der Waals surface area contributed by atoms with Gasteiger partial charge in [0, 0.05) is 75.7 Å². The Hall–Kier alpha value is -2.85. The molecule has 0 spiro atoms. The first-order chi connectivity index (χ1) is 17.8. The highest BCUT2D eigenvalue weighted by Gasteiger charge is 2.36. The number of nitrogens with zero attached hydrogens (tertiary/aromatic N) is 5. The zero-order valence-corrected chi connectivity index (χ0v) is 24.3. The van der Waals surface area contributed by atoms with Crippen molar-refractivity contribution < 1.29 is 18.3 Å². The summed E-state index contributed by atoms with van der Waals surface area (Å²) in [6.07, 6.45) is 3.22. The molecule has 0 unspecified atom stereocenters. The SMILES string of the molecule is Cc1cn(COCC[Si](C)(C)C)c(-c2ccc(C(=O)N3CCC(F)(F)CC3)c(-c3ccn(C(C)C)n3)c2)n1. The fourth-order valence-corrected chi connectivity index (χ4v) is 5.23. The highest BCUT2D eigenvalue weighted by atomic mass is 28.3. The Morgan fingerprint density at radius 1 is 1.16 bits per heavy atom. The van der Waals surface area contributed by atoms with E-state index in [0.29, 0.717) is 30.2 Å². The minimum absolute atomic E-state index is 0.0336. The van der Waals surface area contributed by atoms with Crippen LogP contribution in [-0.2, 0) is 11.5 Å². The lowest BCUT2D eigenvalue weighted by atomic mass is 9.98. The number of carbonyl (C=O) groups is 1. The summed E-state index contributed by atoms with van der Waals surface area (Å²) in [6.45, 7) is 14.1. The van der Waals surface area contributed by atoms with Gasteiger partial charge in [0.1, 0.15) is 12.6 Å². The number of alkyl halides is 2. The Morgan fingerprint density at radius 3 is 2.50 bits per heavy atom. The monoisotopic (exact) mass is 543 g/mol. The Balaban J connectivity index is 1.67. The minimum Gasteiger partial charge on any atom is -0.361 e. The lowest BCUT2D eigenvalue weighted by Gasteiger charge is -2.32. The Morgan fingerprint density at radius 2 is 1.87 bits per heavy atom. The molecule has 1 aromatic carbocycles. The molecule has 206 valence electrons. The van der Waals surface area contributed by atoms with Gasteiger partial charge in [-0.15, -0.1) is 0 Å². The first kappa shape index (κ1) is 28.2. The number of benzene rings is 1. The average molecular weight is 544 g/mol. The van der Waals surface area contributed by atoms with Crippen LogP contribution in [0.2, 0.25) is 25.7 Å². The maximum atomic E-state index is 13.7. The van der Waals surface area contributed by atoms with Crippen LogP contribution in [0.25, 0.3) is 22.6 Å². The van der Waals surface area contributed by atoms with Crippen LogP contribution in [0.1, 0.15) is 48.8 Å². The Kier molecular flexibility index (Phi) is 8.22. The van der Waals surface area contributed by atoms with Crippen LogP contribution in [0.3, 0.4) is 0 Å². The second-order valence-electron chi connectivity index (χ2n) is 11.7. The molecule has 0 aliphatic carbocycles. The van der Waals surface area contributed by atoms with Gasteiger partial charge in [-0.3, -0.25) is 9.48 Å². The minimum atomic E-state index is -2.72. The van der Waals surface area contributed by atoms with Crippen LogP contribution < -0.4 is 0 Å². The molecule has 3 heterocycles. The van der Waals surface area contributed by atoms with Gasteiger partial charge in [0.2, 0.25) is 0 Å². The first-order valence-electron chi connectivity index (χ1n) is 13.3. The maximum Gasteiger partial charge on any atom is 0.254 e. The third-order valence-electron chi connectivity index (χ3n) is 6.83. The normalized spacial score (nSPS) is 15.9. The van der Waals surface area contributed by atoms with Crippen LogP contribution in [0.15, 0.2) is 36.7 Å². The van der Waals surface area contributed by atoms with E-state index in [1.54, 1.807) is 6.07 Å². The molecule has 10 heteroatoms. The molecule has 38 heavy (non-hydrogen) atoms. The molecule has 1 amide bonds. The third-order valence-corrected chi connectivity index (χ3v) is 8.53. The molecule has 1 saturated heterocycles. The summed E-state index contributed by atoms with van der Waals surface area (Å²) in [5.74, 6) is -2.22. The van der Waals surface area contributed by atoms with Crippen molar-refractivity contribution in [2.75, 3.05) is 19.7 Å². The molecular weight excluding hydrogens is 504 g/mol. The number of likely N-dealkylation sites (tertiary alicyclic amines) is 1. The quantitative estimate of drug-likeness (QED) is 0.229. The van der Waals surface area contributed by atoms with Crippen molar-refractivity contribution in [3.8, 4) is 22.6 Å². The summed E-state index contributed by atoms with van der Waals surface area (Å²) >= 11 is 0. The standard InChI is InChI=1S/C28H39F2N5O2Si/c1-20(2)35-12-9-25(32-35)24-17-22(7-8-23(24)27(36)33-13-10-28(29,30)11-14-33)26-31-21(3)18-34(26)19-37-15-16-38(4,5)6/h7-9,12,17-18,20H,10-11,13-16,19H2,1-6H3. The lowest BCUT2D eigenvalue weighted by Crippen LogP contribution is -2.42. The Bertz CT molecular complexity index is 1270. The van der Waals surface area contributed by atoms with Crippen LogP contribution in [0.5, 0.6) is 0 Å². The number of amides is 1. The number of ether oxygens (including phenoxy) is 1. The van der Waals surface area contributed by atoms with Gasteiger partial charge in [0.25, 0.3) is 11.8 Å². The van der Waals surface area contributed by atoms with Gasteiger partial charge in [-0.05, 0) is 45.0 Å². The van der Waals surface area contributed by atoms with E-state index in [4.69, 9.17) is 14.8 Å². The summed E-state index contributed by atoms with van der Waals surface area (Å²) in [5, 5.41) is 4.72. The topological polar surface area (TPSA) is 65.2 Å². The number of carbonyl (C=O) groups excluding carboxylic acids is 1. The fraction of sp³-hybridized carbons (Fsp3) is 0.536. The molecule has 2 aromatic heterocycles. The number of imidazole rings is 1. The molecule has 0 bridgehead atoms. The summed E-state index contributed by atoms with van der Waals surface area (Å²) in [6, 6.07) is 8.70. The summed E-state index contributed by atoms with van der Waals surface area (Å²) in [5.41, 5.74) is 3.48. The number of hydrogen-bond donors (Lipinski definition) is 0. The predicted octanol–water partition coefficient (Wildman–Crippen LogP) is 6.49. The van der Waals surface area contributed by atoms with Gasteiger partial charge in [-0.2, -0.15) is 5.10 Å². The van der Waals surface area contributed by atoms with E-state index in [9.17, 15) is 13.6 Å². The van der Waals surface area contributed by atoms with Gasteiger partial charge >= 0.3 is 0 Å². The van der Waals surface area contributed by atoms with Crippen molar-refractivity contribution in [3.05, 3.63) is 47.9 Å². The average Bonchev–Trinajstić information content (AvgIpc) is 3.48. The van der Waals surface area contributed by atoms with Crippen molar-refractivity contribution in [3.63, 3.8) is 0 Å². The van der Waals surface area contributed by atoms with Crippen LogP contribution in [-0.4, -0.2) is 63.8 Å². The summed E-state index contributed by atoms with van der Waals surface area (Å²) in [4.78, 5) is 19.8. The molecule has 7 nitrogen and oxygen atoms in total. The van der Waals surface area contributed by atoms with Gasteiger partial charge in [-0.25, -0.2) is 13.8 Å². The van der Waals surface area contributed by atoms with Crippen LogP contribution in [0.4, 0.5) is 8.78 Å². The van der Waals surface area contributed by atoms with E-state index in [1.165, 1.54) is 4.90 Å². The van der Waals surface area contributed by atoms with Crippen molar-refractivity contribution in [2.45, 2.75) is 78.0 Å². The van der Waals surface area contributed by atoms with E-state index in [0.717, 1.165) is 23.1 Å². The number of hydrogen-bond acceptors (Lipinski definition) is 4. The molecule has 0 saturated carbocycles. The number of rotatable bonds is 9. The van der Waals surface area contributed by atoms with Gasteiger partial charge in [0.05, 0.1) is 11.4 Å². The van der Waals surface area contributed by atoms with Crippen LogP contribution in [0, 0.1) is 6.92 Å². The molecule has 0 atom stereocenters. The maximum absolute atomic E-state index is 13.7. The summed E-state index contributed by atoms with van der Waals surface area (Å²) < 4.78 is 37.3. The van der Waals surface area contributed by atoms with E-state index in [2.05, 4.69) is 19.6 Å². The lowest BCUT2D eigenvalue weighted by molar-refractivity contribution is -0.0494. The largest absolute Gasteiger partial charge is 0.361 e. The zero-order valence-electron chi connectivity index (χ0n) is 23.3. The summed E-state index contributed by atoms with van der Waals surface area (Å²) in [7, 11) is -1.19. The Labute approximate surface area is 224 Å². The third kappa shape index (κ3) is 6.77. The van der Waals surface area contributed by atoms with E-state index in [-0.39, 0.29) is 37.9 Å². The molecule has 0 N–H and O–H groups in total. The predicted molar refractivity (Wildman–Crippen MR) is 148 cm³/mol. The molecular formula is C28H39F2N5O2Si. The number of aryl methyl sites for hydroxylation is 1. The van der Waals surface area contributed by atoms with E-state index >= 15 is 0 Å². The van der Waals surface area contributed by atoms with Gasteiger partial charge < -0.3 is 14.2 Å². The van der Waals surface area contributed by atoms with E-state index < -0.39 is 14.0 Å². The molecule has 1 fully saturated rings. The zero-order chi connectivity index (χ0) is 27.7. The molecule has 1 aliphatic rings. The van der Waals surface area contributed by atoms with Gasteiger partial charge in [0.15, 0.2) is 0 Å². The van der Waals surface area contributed by atoms with Crippen molar-refractivity contribution in [2.24, 2.45) is 0 Å². The fourth-order valence-electron chi connectivity index (χ4n) is 4.48. The van der Waals surface area contributed by atoms with Crippen LogP contribution >= 0.6 is 0 Å².